The average Bonchev–Trinajstić information content (AvgIpc) is 2.49. The fourth-order valence-electron chi connectivity index (χ4n) is 2.14. The summed E-state index contributed by atoms with van der Waals surface area (Å²) >= 11 is 5.89. The highest BCUT2D eigenvalue weighted by Gasteiger charge is 2.17. The molecule has 0 saturated heterocycles. The van der Waals surface area contributed by atoms with E-state index in [2.05, 4.69) is 4.98 Å². The molecule has 112 valence electrons. The minimum absolute atomic E-state index is 0.0420. The predicted octanol–water partition coefficient (Wildman–Crippen LogP) is 2.75. The number of rotatable bonds is 2. The molecule has 0 amide bonds. The highest BCUT2D eigenvalue weighted by molar-refractivity contribution is 6.31. The number of halogens is 1. The molecule has 3 aromatic rings. The Hall–Kier alpha value is -2.60. The maximum absolute atomic E-state index is 12.4. The Balaban J connectivity index is 2.34. The third-order valence-corrected chi connectivity index (χ3v) is 3.37. The lowest BCUT2D eigenvalue weighted by Crippen LogP contribution is -2.12. The molecule has 0 unspecified atom stereocenters. The number of fused-ring (bicyclic) bond motifs is 2. The van der Waals surface area contributed by atoms with Crippen LogP contribution in [0.4, 0.5) is 5.82 Å². The molecule has 3 rings (SSSR count). The summed E-state index contributed by atoms with van der Waals surface area (Å²) in [5.74, 6) is -0.701. The van der Waals surface area contributed by atoms with Crippen molar-refractivity contribution in [1.82, 2.24) is 4.98 Å². The topological polar surface area (TPSA) is 95.4 Å². The van der Waals surface area contributed by atoms with Crippen LogP contribution in [0.2, 0.25) is 5.02 Å². The largest absolute Gasteiger partial charge is 0.462 e. The van der Waals surface area contributed by atoms with Gasteiger partial charge in [0.15, 0.2) is 11.1 Å². The zero-order chi connectivity index (χ0) is 15.9. The van der Waals surface area contributed by atoms with Crippen LogP contribution < -0.4 is 11.2 Å². The van der Waals surface area contributed by atoms with Crippen molar-refractivity contribution in [3.8, 4) is 0 Å². The maximum Gasteiger partial charge on any atom is 0.342 e. The van der Waals surface area contributed by atoms with E-state index in [0.717, 1.165) is 0 Å². The Kier molecular flexibility index (Phi) is 3.46. The molecule has 0 aliphatic heterocycles. The second-order valence-electron chi connectivity index (χ2n) is 4.56. The zero-order valence-electron chi connectivity index (χ0n) is 11.6. The van der Waals surface area contributed by atoms with E-state index >= 15 is 0 Å². The third-order valence-electron chi connectivity index (χ3n) is 3.13. The molecule has 0 fully saturated rings. The lowest BCUT2D eigenvalue weighted by Gasteiger charge is -2.07. The van der Waals surface area contributed by atoms with Gasteiger partial charge in [-0.25, -0.2) is 9.78 Å². The van der Waals surface area contributed by atoms with Crippen LogP contribution in [-0.4, -0.2) is 17.6 Å². The zero-order valence-corrected chi connectivity index (χ0v) is 12.3. The molecule has 2 aromatic heterocycles. The van der Waals surface area contributed by atoms with Crippen LogP contribution in [0.3, 0.4) is 0 Å². The van der Waals surface area contributed by atoms with Crippen molar-refractivity contribution in [3.63, 3.8) is 0 Å². The molecule has 0 saturated carbocycles. The predicted molar refractivity (Wildman–Crippen MR) is 83.2 cm³/mol. The molecule has 0 radical (unpaired) electrons. The van der Waals surface area contributed by atoms with Gasteiger partial charge in [-0.15, -0.1) is 0 Å². The van der Waals surface area contributed by atoms with E-state index in [4.69, 9.17) is 26.5 Å². The SMILES string of the molecule is CCOC(=O)c1cc2oc3ccc(Cl)cc3c(=O)c2nc1N. The molecule has 0 aliphatic carbocycles. The van der Waals surface area contributed by atoms with Gasteiger partial charge in [-0.1, -0.05) is 11.6 Å². The highest BCUT2D eigenvalue weighted by Crippen LogP contribution is 2.23. The van der Waals surface area contributed by atoms with Crippen molar-refractivity contribution < 1.29 is 13.9 Å². The number of nitrogen functional groups attached to an aromatic ring is 1. The fraction of sp³-hybridized carbons (Fsp3) is 0.133. The summed E-state index contributed by atoms with van der Waals surface area (Å²) in [5.41, 5.74) is 6.00. The van der Waals surface area contributed by atoms with Gasteiger partial charge in [-0.2, -0.15) is 0 Å². The van der Waals surface area contributed by atoms with E-state index in [1.54, 1.807) is 19.1 Å². The summed E-state index contributed by atoms with van der Waals surface area (Å²) in [6.07, 6.45) is 0. The van der Waals surface area contributed by atoms with Crippen LogP contribution in [0.1, 0.15) is 17.3 Å². The van der Waals surface area contributed by atoms with Crippen LogP contribution in [0.25, 0.3) is 22.1 Å². The number of nitrogens with zero attached hydrogens (tertiary/aromatic N) is 1. The first-order valence-corrected chi connectivity index (χ1v) is 6.88. The number of hydrogen-bond acceptors (Lipinski definition) is 6. The summed E-state index contributed by atoms with van der Waals surface area (Å²) < 4.78 is 10.5. The first-order chi connectivity index (χ1) is 10.5. The number of carbonyl (C=O) groups is 1. The number of ether oxygens (including phenoxy) is 1. The van der Waals surface area contributed by atoms with Gasteiger partial charge in [-0.3, -0.25) is 4.79 Å². The molecule has 7 heteroatoms. The van der Waals surface area contributed by atoms with Gasteiger partial charge in [0, 0.05) is 11.1 Å². The monoisotopic (exact) mass is 318 g/mol. The molecule has 0 atom stereocenters. The van der Waals surface area contributed by atoms with Crippen LogP contribution in [-0.2, 0) is 4.74 Å². The Morgan fingerprint density at radius 1 is 1.36 bits per heavy atom. The van der Waals surface area contributed by atoms with E-state index in [9.17, 15) is 9.59 Å². The van der Waals surface area contributed by atoms with E-state index in [-0.39, 0.29) is 34.5 Å². The number of aromatic nitrogens is 1. The Labute approximate surface area is 129 Å². The van der Waals surface area contributed by atoms with E-state index < -0.39 is 5.97 Å². The molecular weight excluding hydrogens is 308 g/mol. The van der Waals surface area contributed by atoms with Crippen molar-refractivity contribution in [2.45, 2.75) is 6.92 Å². The molecule has 0 bridgehead atoms. The number of pyridine rings is 1. The van der Waals surface area contributed by atoms with Crippen LogP contribution in [0, 0.1) is 0 Å². The normalized spacial score (nSPS) is 11.0. The second-order valence-corrected chi connectivity index (χ2v) is 5.00. The Bertz CT molecular complexity index is 965. The van der Waals surface area contributed by atoms with E-state index in [1.807, 2.05) is 0 Å². The molecule has 22 heavy (non-hydrogen) atoms. The highest BCUT2D eigenvalue weighted by atomic mass is 35.5. The molecular formula is C15H11ClN2O4. The molecule has 0 spiro atoms. The van der Waals surface area contributed by atoms with Gasteiger partial charge in [0.05, 0.1) is 12.0 Å². The quantitative estimate of drug-likeness (QED) is 0.576. The smallest absolute Gasteiger partial charge is 0.342 e. The maximum atomic E-state index is 12.4. The summed E-state index contributed by atoms with van der Waals surface area (Å²) in [6.45, 7) is 1.89. The minimum Gasteiger partial charge on any atom is -0.462 e. The van der Waals surface area contributed by atoms with Gasteiger partial charge < -0.3 is 14.9 Å². The number of esters is 1. The molecule has 1 aromatic carbocycles. The summed E-state index contributed by atoms with van der Waals surface area (Å²) in [4.78, 5) is 28.3. The van der Waals surface area contributed by atoms with Gasteiger partial charge >= 0.3 is 5.97 Å². The Morgan fingerprint density at radius 3 is 2.86 bits per heavy atom. The van der Waals surface area contributed by atoms with Crippen molar-refractivity contribution >= 4 is 45.5 Å². The first-order valence-electron chi connectivity index (χ1n) is 6.51. The van der Waals surface area contributed by atoms with Crippen molar-refractivity contribution in [2.24, 2.45) is 0 Å². The summed E-state index contributed by atoms with van der Waals surface area (Å²) in [5, 5.41) is 0.714. The lowest BCUT2D eigenvalue weighted by molar-refractivity contribution is 0.0527. The molecule has 2 heterocycles. The molecule has 2 N–H and O–H groups in total. The summed E-state index contributed by atoms with van der Waals surface area (Å²) in [7, 11) is 0. The van der Waals surface area contributed by atoms with Gasteiger partial charge in [0.25, 0.3) is 0 Å². The first kappa shape index (κ1) is 14.3. The van der Waals surface area contributed by atoms with E-state index in [0.29, 0.717) is 16.0 Å². The van der Waals surface area contributed by atoms with Crippen molar-refractivity contribution in [1.29, 1.82) is 0 Å². The average molecular weight is 319 g/mol. The Morgan fingerprint density at radius 2 is 2.14 bits per heavy atom. The summed E-state index contributed by atoms with van der Waals surface area (Å²) in [6, 6.07) is 6.05. The number of benzene rings is 1. The van der Waals surface area contributed by atoms with Crippen molar-refractivity contribution in [3.05, 3.63) is 45.1 Å². The van der Waals surface area contributed by atoms with Gasteiger partial charge in [0.1, 0.15) is 17.0 Å². The van der Waals surface area contributed by atoms with E-state index in [1.165, 1.54) is 12.1 Å². The lowest BCUT2D eigenvalue weighted by atomic mass is 10.1. The number of anilines is 1. The standard InChI is InChI=1S/C15H11ClN2O4/c1-2-21-15(20)9-6-11-12(18-14(9)17)13(19)8-5-7(16)3-4-10(8)22-11/h3-6H,2H2,1H3,(H2,17,18). The van der Waals surface area contributed by atoms with Crippen molar-refractivity contribution in [2.75, 3.05) is 12.3 Å². The molecule has 6 nitrogen and oxygen atoms in total. The van der Waals surface area contributed by atoms with Crippen LogP contribution >= 0.6 is 11.6 Å². The third kappa shape index (κ3) is 2.27. The number of hydrogen-bond donors (Lipinski definition) is 1. The van der Waals surface area contributed by atoms with Gasteiger partial charge in [0.2, 0.25) is 5.43 Å². The molecule has 0 aliphatic rings. The number of nitrogens with two attached hydrogens (primary N) is 1. The second kappa shape index (κ2) is 5.31. The fourth-order valence-corrected chi connectivity index (χ4v) is 2.31. The van der Waals surface area contributed by atoms with Crippen LogP contribution in [0.15, 0.2) is 33.5 Å². The number of carbonyl (C=O) groups excluding carboxylic acids is 1. The minimum atomic E-state index is -0.617. The van der Waals surface area contributed by atoms with Gasteiger partial charge in [-0.05, 0) is 25.1 Å². The van der Waals surface area contributed by atoms with Crippen LogP contribution in [0.5, 0.6) is 0 Å².